The largest absolute Gasteiger partial charge is 0.380 e. The van der Waals surface area contributed by atoms with E-state index in [1.165, 1.54) is 0 Å². The van der Waals surface area contributed by atoms with Crippen molar-refractivity contribution >= 4 is 5.69 Å². The van der Waals surface area contributed by atoms with Gasteiger partial charge in [-0.2, -0.15) is 5.10 Å². The fourth-order valence-electron chi connectivity index (χ4n) is 2.07. The molecule has 0 saturated heterocycles. The maximum Gasteiger partial charge on any atom is 0.0728 e. The lowest BCUT2D eigenvalue weighted by Gasteiger charge is -2.17. The molecular formula is C15H28N4. The Hall–Kier alpha value is -1.29. The topological polar surface area (TPSA) is 33.1 Å². The molecule has 1 aromatic heterocycles. The number of anilines is 1. The van der Waals surface area contributed by atoms with E-state index in [0.717, 1.165) is 44.7 Å². The number of aromatic nitrogens is 2. The highest BCUT2D eigenvalue weighted by Gasteiger charge is 2.04. The number of likely N-dealkylation sites (N-methyl/N-ethyl adjacent to an activating group) is 1. The van der Waals surface area contributed by atoms with Gasteiger partial charge in [-0.25, -0.2) is 0 Å². The molecule has 1 N–H and O–H groups in total. The van der Waals surface area contributed by atoms with Crippen LogP contribution in [0, 0.1) is 0 Å². The van der Waals surface area contributed by atoms with Gasteiger partial charge in [-0.1, -0.05) is 19.9 Å². The molecule has 0 aliphatic rings. The van der Waals surface area contributed by atoms with Gasteiger partial charge in [-0.05, 0) is 32.9 Å². The molecule has 1 heterocycles. The quantitative estimate of drug-likeness (QED) is 0.660. The van der Waals surface area contributed by atoms with Gasteiger partial charge < -0.3 is 10.2 Å². The summed E-state index contributed by atoms with van der Waals surface area (Å²) in [5.74, 6) is 0. The highest BCUT2D eigenvalue weighted by Crippen LogP contribution is 2.09. The molecule has 0 aromatic carbocycles. The van der Waals surface area contributed by atoms with Crippen molar-refractivity contribution in [2.24, 2.45) is 0 Å². The van der Waals surface area contributed by atoms with Gasteiger partial charge in [0.1, 0.15) is 0 Å². The standard InChI is InChI=1S/C15H28N4/c1-5-8-9-14(4)17-15-12-16-19(13-15)11-10-18(6-2)7-3/h5,12-14,17H,1,6-11H2,2-4H3. The lowest BCUT2D eigenvalue weighted by molar-refractivity contribution is 0.285. The second-order valence-corrected chi connectivity index (χ2v) is 4.93. The first-order chi connectivity index (χ1) is 9.19. The number of hydrogen-bond acceptors (Lipinski definition) is 3. The molecule has 1 aromatic rings. The molecule has 0 bridgehead atoms. The first-order valence-corrected chi connectivity index (χ1v) is 7.31. The Morgan fingerprint density at radius 2 is 2.21 bits per heavy atom. The number of nitrogens with one attached hydrogen (secondary N) is 1. The minimum atomic E-state index is 0.457. The number of rotatable bonds is 10. The van der Waals surface area contributed by atoms with Crippen LogP contribution in [-0.4, -0.2) is 40.4 Å². The average molecular weight is 264 g/mol. The summed E-state index contributed by atoms with van der Waals surface area (Å²) in [6.45, 7) is 14.5. The number of allylic oxidation sites excluding steroid dienone is 1. The summed E-state index contributed by atoms with van der Waals surface area (Å²) < 4.78 is 2.01. The highest BCUT2D eigenvalue weighted by atomic mass is 15.3. The first-order valence-electron chi connectivity index (χ1n) is 7.31. The predicted octanol–water partition coefficient (Wildman–Crippen LogP) is 2.99. The molecule has 4 nitrogen and oxygen atoms in total. The van der Waals surface area contributed by atoms with Crippen LogP contribution in [-0.2, 0) is 6.54 Å². The molecule has 0 aliphatic carbocycles. The third-order valence-electron chi connectivity index (χ3n) is 3.39. The molecule has 1 atom stereocenters. The Bertz CT molecular complexity index is 355. The van der Waals surface area contributed by atoms with E-state index in [4.69, 9.17) is 0 Å². The number of hydrogen-bond donors (Lipinski definition) is 1. The third kappa shape index (κ3) is 5.92. The summed E-state index contributed by atoms with van der Waals surface area (Å²) in [5.41, 5.74) is 1.11. The second-order valence-electron chi connectivity index (χ2n) is 4.93. The fourth-order valence-corrected chi connectivity index (χ4v) is 2.07. The first kappa shape index (κ1) is 15.8. The van der Waals surface area contributed by atoms with E-state index in [0.29, 0.717) is 6.04 Å². The maximum absolute atomic E-state index is 4.40. The predicted molar refractivity (Wildman–Crippen MR) is 82.5 cm³/mol. The van der Waals surface area contributed by atoms with E-state index in [1.54, 1.807) is 0 Å². The summed E-state index contributed by atoms with van der Waals surface area (Å²) in [6.07, 6.45) is 8.12. The average Bonchev–Trinajstić information content (AvgIpc) is 2.85. The summed E-state index contributed by atoms with van der Waals surface area (Å²) in [5, 5.41) is 7.87. The van der Waals surface area contributed by atoms with Crippen LogP contribution in [0.1, 0.15) is 33.6 Å². The van der Waals surface area contributed by atoms with Gasteiger partial charge >= 0.3 is 0 Å². The van der Waals surface area contributed by atoms with Gasteiger partial charge in [0.2, 0.25) is 0 Å². The van der Waals surface area contributed by atoms with E-state index in [9.17, 15) is 0 Å². The van der Waals surface area contributed by atoms with Crippen LogP contribution in [0.15, 0.2) is 25.0 Å². The zero-order valence-electron chi connectivity index (χ0n) is 12.6. The molecule has 19 heavy (non-hydrogen) atoms. The Balaban J connectivity index is 2.37. The highest BCUT2D eigenvalue weighted by molar-refractivity contribution is 5.39. The van der Waals surface area contributed by atoms with Crippen molar-refractivity contribution in [2.45, 2.75) is 46.2 Å². The lowest BCUT2D eigenvalue weighted by atomic mass is 10.2. The Morgan fingerprint density at radius 3 is 2.84 bits per heavy atom. The van der Waals surface area contributed by atoms with Gasteiger partial charge in [0.15, 0.2) is 0 Å². The molecule has 0 spiro atoms. The van der Waals surface area contributed by atoms with E-state index in [2.05, 4.69) is 48.9 Å². The van der Waals surface area contributed by atoms with Crippen LogP contribution < -0.4 is 5.32 Å². The van der Waals surface area contributed by atoms with E-state index in [-0.39, 0.29) is 0 Å². The monoisotopic (exact) mass is 264 g/mol. The van der Waals surface area contributed by atoms with Gasteiger partial charge in [0.05, 0.1) is 18.4 Å². The lowest BCUT2D eigenvalue weighted by Crippen LogP contribution is -2.27. The molecule has 108 valence electrons. The SMILES string of the molecule is C=CCCC(C)Nc1cnn(CCN(CC)CC)c1. The van der Waals surface area contributed by atoms with E-state index >= 15 is 0 Å². The van der Waals surface area contributed by atoms with Crippen LogP contribution >= 0.6 is 0 Å². The van der Waals surface area contributed by atoms with Crippen LogP contribution in [0.4, 0.5) is 5.69 Å². The van der Waals surface area contributed by atoms with Crippen molar-refractivity contribution in [3.05, 3.63) is 25.0 Å². The smallest absolute Gasteiger partial charge is 0.0728 e. The summed E-state index contributed by atoms with van der Waals surface area (Å²) in [6, 6.07) is 0.457. The van der Waals surface area contributed by atoms with Crippen LogP contribution in [0.3, 0.4) is 0 Å². The third-order valence-corrected chi connectivity index (χ3v) is 3.39. The van der Waals surface area contributed by atoms with Crippen LogP contribution in [0.25, 0.3) is 0 Å². The van der Waals surface area contributed by atoms with Crippen LogP contribution in [0.5, 0.6) is 0 Å². The molecule has 0 fully saturated rings. The normalized spacial score (nSPS) is 12.6. The molecule has 0 saturated carbocycles. The molecule has 1 rings (SSSR count). The Kier molecular flexibility index (Phi) is 7.26. The maximum atomic E-state index is 4.40. The van der Waals surface area contributed by atoms with E-state index in [1.807, 2.05) is 17.0 Å². The molecule has 0 radical (unpaired) electrons. The molecule has 0 aliphatic heterocycles. The van der Waals surface area contributed by atoms with Crippen LogP contribution in [0.2, 0.25) is 0 Å². The van der Waals surface area contributed by atoms with Gasteiger partial charge in [-0.15, -0.1) is 6.58 Å². The number of nitrogens with zero attached hydrogens (tertiary/aromatic N) is 3. The van der Waals surface area contributed by atoms with Crippen molar-refractivity contribution in [3.8, 4) is 0 Å². The van der Waals surface area contributed by atoms with Gasteiger partial charge in [-0.3, -0.25) is 4.68 Å². The second kappa shape index (κ2) is 8.75. The molecule has 0 amide bonds. The summed E-state index contributed by atoms with van der Waals surface area (Å²) in [4.78, 5) is 2.40. The Morgan fingerprint density at radius 1 is 1.47 bits per heavy atom. The van der Waals surface area contributed by atoms with Gasteiger partial charge in [0.25, 0.3) is 0 Å². The zero-order valence-corrected chi connectivity index (χ0v) is 12.6. The van der Waals surface area contributed by atoms with Crippen molar-refractivity contribution in [3.63, 3.8) is 0 Å². The van der Waals surface area contributed by atoms with Crippen molar-refractivity contribution in [1.29, 1.82) is 0 Å². The molecular weight excluding hydrogens is 236 g/mol. The molecule has 4 heteroatoms. The van der Waals surface area contributed by atoms with Crippen molar-refractivity contribution in [1.82, 2.24) is 14.7 Å². The minimum absolute atomic E-state index is 0.457. The fraction of sp³-hybridized carbons (Fsp3) is 0.667. The Labute approximate surface area is 117 Å². The van der Waals surface area contributed by atoms with Gasteiger partial charge in [0, 0.05) is 18.8 Å². The summed E-state index contributed by atoms with van der Waals surface area (Å²) in [7, 11) is 0. The summed E-state index contributed by atoms with van der Waals surface area (Å²) >= 11 is 0. The minimum Gasteiger partial charge on any atom is -0.380 e. The van der Waals surface area contributed by atoms with Crippen molar-refractivity contribution in [2.75, 3.05) is 25.0 Å². The van der Waals surface area contributed by atoms with Crippen molar-refractivity contribution < 1.29 is 0 Å². The van der Waals surface area contributed by atoms with E-state index < -0.39 is 0 Å². The zero-order chi connectivity index (χ0) is 14.1. The molecule has 1 unspecified atom stereocenters.